The first-order valence-corrected chi connectivity index (χ1v) is 8.97. The molecule has 0 aromatic heterocycles. The zero-order valence-corrected chi connectivity index (χ0v) is 13.8. The van der Waals surface area contributed by atoms with Crippen LogP contribution in [0.2, 0.25) is 5.02 Å². The number of sulfonamides is 1. The molecule has 4 nitrogen and oxygen atoms in total. The molecular weight excluding hydrogens is 310 g/mol. The second-order valence-corrected chi connectivity index (χ2v) is 6.70. The van der Waals surface area contributed by atoms with Crippen molar-refractivity contribution in [3.05, 3.63) is 40.3 Å². The van der Waals surface area contributed by atoms with Crippen molar-refractivity contribution >= 4 is 27.7 Å². The first-order valence-electron chi connectivity index (χ1n) is 7.04. The SMILES string of the molecule is CCCCOCCCNS(=O)(=O)/C=C/c1ccc(Cl)cc1. The van der Waals surface area contributed by atoms with E-state index < -0.39 is 10.0 Å². The molecule has 0 atom stereocenters. The van der Waals surface area contributed by atoms with Crippen molar-refractivity contribution in [3.8, 4) is 0 Å². The number of hydrogen-bond acceptors (Lipinski definition) is 3. The molecule has 0 saturated carbocycles. The molecule has 0 fully saturated rings. The summed E-state index contributed by atoms with van der Waals surface area (Å²) in [5.74, 6) is 0. The Labute approximate surface area is 132 Å². The predicted octanol–water partition coefficient (Wildman–Crippen LogP) is 3.44. The first-order chi connectivity index (χ1) is 10.0. The molecule has 0 aliphatic rings. The summed E-state index contributed by atoms with van der Waals surface area (Å²) in [7, 11) is -3.41. The lowest BCUT2D eigenvalue weighted by Crippen LogP contribution is -2.23. The fraction of sp³-hybridized carbons (Fsp3) is 0.467. The predicted molar refractivity (Wildman–Crippen MR) is 87.8 cm³/mol. The number of halogens is 1. The highest BCUT2D eigenvalue weighted by Gasteiger charge is 2.03. The standard InChI is InChI=1S/C15H22ClNO3S/c1-2-3-11-20-12-4-10-17-21(18,19)13-9-14-5-7-15(16)8-6-14/h5-9,13,17H,2-4,10-12H2,1H3/b13-9+. The molecular formula is C15H22ClNO3S. The molecule has 1 rings (SSSR count). The Bertz CT molecular complexity index is 526. The Morgan fingerprint density at radius 2 is 1.86 bits per heavy atom. The minimum Gasteiger partial charge on any atom is -0.381 e. The van der Waals surface area contributed by atoms with E-state index in [9.17, 15) is 8.42 Å². The van der Waals surface area contributed by atoms with Crippen molar-refractivity contribution < 1.29 is 13.2 Å². The van der Waals surface area contributed by atoms with Gasteiger partial charge in [0.05, 0.1) is 0 Å². The average Bonchev–Trinajstić information content (AvgIpc) is 2.46. The Hall–Kier alpha value is -0.880. The van der Waals surface area contributed by atoms with E-state index in [0.717, 1.165) is 30.4 Å². The van der Waals surface area contributed by atoms with E-state index in [-0.39, 0.29) is 0 Å². The van der Waals surface area contributed by atoms with E-state index in [1.165, 1.54) is 6.08 Å². The summed E-state index contributed by atoms with van der Waals surface area (Å²) < 4.78 is 31.4. The summed E-state index contributed by atoms with van der Waals surface area (Å²) >= 11 is 5.77. The monoisotopic (exact) mass is 331 g/mol. The molecule has 0 radical (unpaired) electrons. The summed E-state index contributed by atoms with van der Waals surface area (Å²) in [6, 6.07) is 6.95. The molecule has 0 saturated heterocycles. The zero-order valence-electron chi connectivity index (χ0n) is 12.2. The van der Waals surface area contributed by atoms with Gasteiger partial charge in [0, 0.05) is 30.2 Å². The van der Waals surface area contributed by atoms with Gasteiger partial charge in [0.2, 0.25) is 10.0 Å². The second-order valence-electron chi connectivity index (χ2n) is 4.61. The Balaban J connectivity index is 2.28. The van der Waals surface area contributed by atoms with Gasteiger partial charge in [0.15, 0.2) is 0 Å². The third-order valence-electron chi connectivity index (χ3n) is 2.72. The Kier molecular flexibility index (Phi) is 8.61. The van der Waals surface area contributed by atoms with Gasteiger partial charge < -0.3 is 4.74 Å². The van der Waals surface area contributed by atoms with Gasteiger partial charge in [-0.15, -0.1) is 0 Å². The summed E-state index contributed by atoms with van der Waals surface area (Å²) in [5, 5.41) is 1.78. The molecule has 0 heterocycles. The van der Waals surface area contributed by atoms with Crippen molar-refractivity contribution in [3.63, 3.8) is 0 Å². The highest BCUT2D eigenvalue weighted by atomic mass is 35.5. The third kappa shape index (κ3) is 8.88. The number of hydrogen-bond donors (Lipinski definition) is 1. The van der Waals surface area contributed by atoms with Crippen molar-refractivity contribution in [1.29, 1.82) is 0 Å². The highest BCUT2D eigenvalue weighted by Crippen LogP contribution is 2.11. The van der Waals surface area contributed by atoms with Gasteiger partial charge >= 0.3 is 0 Å². The van der Waals surface area contributed by atoms with Gasteiger partial charge in [-0.2, -0.15) is 0 Å². The summed E-state index contributed by atoms with van der Waals surface area (Å²) in [6.45, 7) is 3.78. The lowest BCUT2D eigenvalue weighted by atomic mass is 10.2. The van der Waals surface area contributed by atoms with E-state index >= 15 is 0 Å². The van der Waals surface area contributed by atoms with Crippen molar-refractivity contribution in [2.75, 3.05) is 19.8 Å². The van der Waals surface area contributed by atoms with Gasteiger partial charge in [0.1, 0.15) is 0 Å². The quantitative estimate of drug-likeness (QED) is 0.668. The van der Waals surface area contributed by atoms with Crippen LogP contribution in [0.1, 0.15) is 31.7 Å². The van der Waals surface area contributed by atoms with Crippen LogP contribution in [0.5, 0.6) is 0 Å². The van der Waals surface area contributed by atoms with Gasteiger partial charge in [0.25, 0.3) is 0 Å². The molecule has 0 aliphatic heterocycles. The largest absolute Gasteiger partial charge is 0.381 e. The smallest absolute Gasteiger partial charge is 0.233 e. The van der Waals surface area contributed by atoms with Crippen LogP contribution in [0.15, 0.2) is 29.7 Å². The van der Waals surface area contributed by atoms with Gasteiger partial charge in [-0.1, -0.05) is 37.1 Å². The lowest BCUT2D eigenvalue weighted by Gasteiger charge is -2.04. The Morgan fingerprint density at radius 1 is 1.19 bits per heavy atom. The molecule has 118 valence electrons. The molecule has 1 aromatic rings. The minimum atomic E-state index is -3.41. The number of benzene rings is 1. The topological polar surface area (TPSA) is 55.4 Å². The van der Waals surface area contributed by atoms with E-state index in [0.29, 0.717) is 24.6 Å². The van der Waals surface area contributed by atoms with E-state index in [2.05, 4.69) is 11.6 Å². The van der Waals surface area contributed by atoms with Crippen molar-refractivity contribution in [2.45, 2.75) is 26.2 Å². The molecule has 0 amide bonds. The molecule has 0 bridgehead atoms. The molecule has 1 N–H and O–H groups in total. The van der Waals surface area contributed by atoms with Crippen molar-refractivity contribution in [1.82, 2.24) is 4.72 Å². The van der Waals surface area contributed by atoms with Gasteiger partial charge in [-0.3, -0.25) is 0 Å². The maximum atomic E-state index is 11.7. The molecule has 0 aliphatic carbocycles. The van der Waals surface area contributed by atoms with Gasteiger partial charge in [-0.05, 0) is 36.6 Å². The summed E-state index contributed by atoms with van der Waals surface area (Å²) in [4.78, 5) is 0. The molecule has 21 heavy (non-hydrogen) atoms. The van der Waals surface area contributed by atoms with Crippen molar-refractivity contribution in [2.24, 2.45) is 0 Å². The minimum absolute atomic E-state index is 0.374. The lowest BCUT2D eigenvalue weighted by molar-refractivity contribution is 0.130. The van der Waals surface area contributed by atoms with Crippen LogP contribution < -0.4 is 4.72 Å². The first kappa shape index (κ1) is 18.2. The normalized spacial score (nSPS) is 12.1. The van der Waals surface area contributed by atoms with E-state index in [1.807, 2.05) is 0 Å². The van der Waals surface area contributed by atoms with Crippen LogP contribution in [-0.4, -0.2) is 28.2 Å². The van der Waals surface area contributed by atoms with Crippen LogP contribution >= 0.6 is 11.6 Å². The Morgan fingerprint density at radius 3 is 2.52 bits per heavy atom. The van der Waals surface area contributed by atoms with Crippen LogP contribution in [0.3, 0.4) is 0 Å². The van der Waals surface area contributed by atoms with Crippen LogP contribution in [-0.2, 0) is 14.8 Å². The summed E-state index contributed by atoms with van der Waals surface area (Å²) in [5.41, 5.74) is 0.785. The van der Waals surface area contributed by atoms with Crippen LogP contribution in [0.4, 0.5) is 0 Å². The maximum Gasteiger partial charge on any atom is 0.233 e. The fourth-order valence-corrected chi connectivity index (χ4v) is 2.51. The second kappa shape index (κ2) is 9.95. The zero-order chi connectivity index (χ0) is 15.6. The number of unbranched alkanes of at least 4 members (excludes halogenated alkanes) is 1. The molecule has 6 heteroatoms. The summed E-state index contributed by atoms with van der Waals surface area (Å²) in [6.07, 6.45) is 4.34. The number of ether oxygens (including phenoxy) is 1. The van der Waals surface area contributed by atoms with Crippen LogP contribution in [0, 0.1) is 0 Å². The third-order valence-corrected chi connectivity index (χ3v) is 4.07. The van der Waals surface area contributed by atoms with Gasteiger partial charge in [-0.25, -0.2) is 13.1 Å². The maximum absolute atomic E-state index is 11.7. The van der Waals surface area contributed by atoms with E-state index in [1.54, 1.807) is 24.3 Å². The fourth-order valence-electron chi connectivity index (χ4n) is 1.53. The molecule has 0 unspecified atom stereocenters. The number of nitrogens with one attached hydrogen (secondary N) is 1. The van der Waals surface area contributed by atoms with E-state index in [4.69, 9.17) is 16.3 Å². The highest BCUT2D eigenvalue weighted by molar-refractivity contribution is 7.92. The molecule has 1 aromatic carbocycles. The molecule has 0 spiro atoms. The van der Waals surface area contributed by atoms with Crippen LogP contribution in [0.25, 0.3) is 6.08 Å². The number of rotatable bonds is 10. The average molecular weight is 332 g/mol.